The van der Waals surface area contributed by atoms with Gasteiger partial charge in [0, 0.05) is 30.3 Å². The van der Waals surface area contributed by atoms with Crippen LogP contribution < -0.4 is 11.1 Å². The Morgan fingerprint density at radius 2 is 1.83 bits per heavy atom. The lowest BCUT2D eigenvalue weighted by Crippen LogP contribution is -2.42. The molecule has 154 valence electrons. The fourth-order valence-corrected chi connectivity index (χ4v) is 4.85. The molecule has 0 bridgehead atoms. The van der Waals surface area contributed by atoms with Gasteiger partial charge in [0.25, 0.3) is 5.91 Å². The van der Waals surface area contributed by atoms with Crippen molar-refractivity contribution in [1.29, 1.82) is 0 Å². The summed E-state index contributed by atoms with van der Waals surface area (Å²) in [6.45, 7) is 2.00. The zero-order valence-corrected chi connectivity index (χ0v) is 16.7. The third-order valence-electron chi connectivity index (χ3n) is 4.94. The van der Waals surface area contributed by atoms with Crippen molar-refractivity contribution in [3.63, 3.8) is 0 Å². The van der Waals surface area contributed by atoms with E-state index in [0.717, 1.165) is 22.0 Å². The van der Waals surface area contributed by atoms with E-state index in [0.29, 0.717) is 5.69 Å². The third-order valence-corrected chi connectivity index (χ3v) is 6.86. The molecule has 1 aliphatic heterocycles. The Labute approximate surface area is 168 Å². The fraction of sp³-hybridized carbons (Fsp3) is 0.300. The molecular formula is C20H22FN3O4S. The van der Waals surface area contributed by atoms with E-state index >= 15 is 0 Å². The average Bonchev–Trinajstić information content (AvgIpc) is 2.68. The van der Waals surface area contributed by atoms with Crippen molar-refractivity contribution in [3.05, 3.63) is 59.4 Å². The Balaban J connectivity index is 1.83. The zero-order chi connectivity index (χ0) is 21.2. The highest BCUT2D eigenvalue weighted by Crippen LogP contribution is 2.26. The number of nitrogens with two attached hydrogens (primary N) is 1. The van der Waals surface area contributed by atoms with Gasteiger partial charge in [0.05, 0.1) is 0 Å². The van der Waals surface area contributed by atoms with E-state index in [2.05, 4.69) is 5.32 Å². The second kappa shape index (κ2) is 8.30. The molecular weight excluding hydrogens is 397 g/mol. The average molecular weight is 419 g/mol. The largest absolute Gasteiger partial charge is 0.369 e. The van der Waals surface area contributed by atoms with E-state index < -0.39 is 38.5 Å². The molecule has 0 aromatic heterocycles. The lowest BCUT2D eigenvalue weighted by atomic mass is 9.98. The summed E-state index contributed by atoms with van der Waals surface area (Å²) in [6, 6.07) is 10.4. The first-order valence-electron chi connectivity index (χ1n) is 9.15. The highest BCUT2D eigenvalue weighted by molar-refractivity contribution is 7.89. The van der Waals surface area contributed by atoms with Crippen LogP contribution in [0.3, 0.4) is 0 Å². The summed E-state index contributed by atoms with van der Waals surface area (Å²) in [5.74, 6) is -2.34. The summed E-state index contributed by atoms with van der Waals surface area (Å²) in [4.78, 5) is 23.2. The molecule has 2 aromatic rings. The smallest absolute Gasteiger partial charge is 0.255 e. The van der Waals surface area contributed by atoms with Crippen LogP contribution in [0.5, 0.6) is 0 Å². The lowest BCUT2D eigenvalue weighted by molar-refractivity contribution is -0.122. The van der Waals surface area contributed by atoms with Gasteiger partial charge in [-0.3, -0.25) is 9.59 Å². The zero-order valence-electron chi connectivity index (χ0n) is 15.9. The summed E-state index contributed by atoms with van der Waals surface area (Å²) in [7, 11) is -4.15. The lowest BCUT2D eigenvalue weighted by Gasteiger charge is -2.29. The maximum Gasteiger partial charge on any atom is 0.255 e. The van der Waals surface area contributed by atoms with Crippen molar-refractivity contribution in [2.75, 3.05) is 18.4 Å². The molecule has 2 aromatic carbocycles. The first-order valence-corrected chi connectivity index (χ1v) is 10.6. The summed E-state index contributed by atoms with van der Waals surface area (Å²) in [5.41, 5.74) is 6.80. The fourth-order valence-electron chi connectivity index (χ4n) is 3.29. The van der Waals surface area contributed by atoms with Crippen LogP contribution in [0.1, 0.15) is 28.8 Å². The van der Waals surface area contributed by atoms with E-state index in [1.54, 1.807) is 18.2 Å². The number of primary amides is 1. The van der Waals surface area contributed by atoms with Gasteiger partial charge < -0.3 is 11.1 Å². The van der Waals surface area contributed by atoms with E-state index in [9.17, 15) is 22.4 Å². The van der Waals surface area contributed by atoms with Gasteiger partial charge in [-0.2, -0.15) is 4.31 Å². The molecule has 0 aliphatic carbocycles. The van der Waals surface area contributed by atoms with E-state index in [1.807, 2.05) is 13.0 Å². The standard InChI is InChI=1S/C20H22FN3O4S/c1-13-3-2-4-16(11-13)23-20(26)15-5-6-17(21)18(12-15)29(27,28)24-9-7-14(8-10-24)19(22)25/h2-6,11-12,14H,7-10H2,1H3,(H2,22,25)(H,23,26). The molecule has 0 unspecified atom stereocenters. The summed E-state index contributed by atoms with van der Waals surface area (Å²) < 4.78 is 41.3. The van der Waals surface area contributed by atoms with Gasteiger partial charge in [-0.1, -0.05) is 12.1 Å². The number of aryl methyl sites for hydroxylation is 1. The number of hydrogen-bond donors (Lipinski definition) is 2. The van der Waals surface area contributed by atoms with Crippen molar-refractivity contribution in [2.45, 2.75) is 24.7 Å². The minimum atomic E-state index is -4.15. The Kier molecular flexibility index (Phi) is 5.99. The maximum atomic E-state index is 14.4. The van der Waals surface area contributed by atoms with Gasteiger partial charge in [-0.25, -0.2) is 12.8 Å². The number of benzene rings is 2. The van der Waals surface area contributed by atoms with Crippen LogP contribution in [0.2, 0.25) is 0 Å². The van der Waals surface area contributed by atoms with Crippen LogP contribution in [-0.4, -0.2) is 37.6 Å². The quantitative estimate of drug-likeness (QED) is 0.775. The van der Waals surface area contributed by atoms with Gasteiger partial charge in [-0.15, -0.1) is 0 Å². The highest BCUT2D eigenvalue weighted by atomic mass is 32.2. The van der Waals surface area contributed by atoms with Crippen molar-refractivity contribution >= 4 is 27.5 Å². The number of piperidine rings is 1. The summed E-state index contributed by atoms with van der Waals surface area (Å²) in [5, 5.41) is 2.67. The Hall–Kier alpha value is -2.78. The Bertz CT molecular complexity index is 1050. The number of hydrogen-bond acceptors (Lipinski definition) is 4. The number of sulfonamides is 1. The molecule has 0 radical (unpaired) electrons. The van der Waals surface area contributed by atoms with Crippen LogP contribution in [0.4, 0.5) is 10.1 Å². The normalized spacial score (nSPS) is 15.8. The van der Waals surface area contributed by atoms with E-state index in [4.69, 9.17) is 5.73 Å². The van der Waals surface area contributed by atoms with Gasteiger partial charge >= 0.3 is 0 Å². The molecule has 1 heterocycles. The first kappa shape index (κ1) is 20.9. The first-order chi connectivity index (χ1) is 13.7. The van der Waals surface area contributed by atoms with Crippen LogP contribution in [0, 0.1) is 18.7 Å². The van der Waals surface area contributed by atoms with Crippen molar-refractivity contribution < 1.29 is 22.4 Å². The van der Waals surface area contributed by atoms with Crippen molar-refractivity contribution in [1.82, 2.24) is 4.31 Å². The highest BCUT2D eigenvalue weighted by Gasteiger charge is 2.33. The minimum absolute atomic E-state index is 0.0264. The molecule has 29 heavy (non-hydrogen) atoms. The van der Waals surface area contributed by atoms with Crippen LogP contribution in [0.15, 0.2) is 47.4 Å². The number of rotatable bonds is 5. The molecule has 1 aliphatic rings. The van der Waals surface area contributed by atoms with Gasteiger partial charge in [0.2, 0.25) is 15.9 Å². The second-order valence-electron chi connectivity index (χ2n) is 7.05. The van der Waals surface area contributed by atoms with Crippen LogP contribution in [0.25, 0.3) is 0 Å². The molecule has 3 rings (SSSR count). The maximum absolute atomic E-state index is 14.4. The number of nitrogens with one attached hydrogen (secondary N) is 1. The van der Waals surface area contributed by atoms with Crippen LogP contribution in [-0.2, 0) is 14.8 Å². The Morgan fingerprint density at radius 3 is 2.45 bits per heavy atom. The molecule has 7 nitrogen and oxygen atoms in total. The molecule has 9 heteroatoms. The van der Waals surface area contributed by atoms with Crippen molar-refractivity contribution in [2.24, 2.45) is 11.7 Å². The van der Waals surface area contributed by atoms with Gasteiger partial charge in [0.1, 0.15) is 10.7 Å². The van der Waals surface area contributed by atoms with E-state index in [-0.39, 0.29) is 31.5 Å². The van der Waals surface area contributed by atoms with Gasteiger partial charge in [0.15, 0.2) is 0 Å². The van der Waals surface area contributed by atoms with Gasteiger partial charge in [-0.05, 0) is 55.7 Å². The topological polar surface area (TPSA) is 110 Å². The Morgan fingerprint density at radius 1 is 1.14 bits per heavy atom. The minimum Gasteiger partial charge on any atom is -0.369 e. The number of carbonyl (C=O) groups excluding carboxylic acids is 2. The predicted octanol–water partition coefficient (Wildman–Crippen LogP) is 2.27. The number of anilines is 1. The third kappa shape index (κ3) is 4.63. The summed E-state index contributed by atoms with van der Waals surface area (Å²) in [6.07, 6.45) is 0.563. The molecule has 2 amide bonds. The molecule has 1 fully saturated rings. The monoisotopic (exact) mass is 419 g/mol. The number of nitrogens with zero attached hydrogens (tertiary/aromatic N) is 1. The number of carbonyl (C=O) groups is 2. The van der Waals surface area contributed by atoms with Crippen LogP contribution >= 0.6 is 0 Å². The molecule has 0 atom stereocenters. The SMILES string of the molecule is Cc1cccc(NC(=O)c2ccc(F)c(S(=O)(=O)N3CCC(C(N)=O)CC3)c2)c1. The molecule has 0 saturated carbocycles. The molecule has 0 spiro atoms. The predicted molar refractivity (Wildman–Crippen MR) is 106 cm³/mol. The molecule has 3 N–H and O–H groups in total. The molecule has 1 saturated heterocycles. The number of halogens is 1. The van der Waals surface area contributed by atoms with Crippen molar-refractivity contribution in [3.8, 4) is 0 Å². The number of amides is 2. The second-order valence-corrected chi connectivity index (χ2v) is 8.96. The van der Waals surface area contributed by atoms with E-state index in [1.165, 1.54) is 6.07 Å². The summed E-state index contributed by atoms with van der Waals surface area (Å²) >= 11 is 0.